The summed E-state index contributed by atoms with van der Waals surface area (Å²) in [5.41, 5.74) is -4.14. The lowest BCUT2D eigenvalue weighted by molar-refractivity contribution is -0.396. The third-order valence-corrected chi connectivity index (χ3v) is 7.13. The number of nitro benzene ring substituents is 3. The van der Waals surface area contributed by atoms with E-state index in [0.717, 1.165) is 12.1 Å². The Balaban J connectivity index is 2.19. The van der Waals surface area contributed by atoms with Crippen LogP contribution in [-0.4, -0.2) is 26.3 Å². The van der Waals surface area contributed by atoms with Gasteiger partial charge in [-0.3, -0.25) is 30.3 Å². The van der Waals surface area contributed by atoms with Crippen LogP contribution in [0.1, 0.15) is 15.7 Å². The van der Waals surface area contributed by atoms with Gasteiger partial charge in [0.05, 0.1) is 24.9 Å². The lowest BCUT2D eigenvalue weighted by atomic mass is 10.1. The van der Waals surface area contributed by atoms with E-state index in [2.05, 4.69) is 0 Å². The second-order valence-electron chi connectivity index (χ2n) is 6.01. The number of hydrogen-bond acceptors (Lipinski definition) is 9. The van der Waals surface area contributed by atoms with Crippen LogP contribution >= 0.6 is 23.5 Å². The molecule has 0 N–H and O–H groups in total. The molecular formula is C16H10F3N3O7S2. The summed E-state index contributed by atoms with van der Waals surface area (Å²) in [6.07, 6.45) is -5.07. The average molecular weight is 477 g/mol. The average Bonchev–Trinajstić information content (AvgIpc) is 3.21. The maximum atomic E-state index is 13.1. The van der Waals surface area contributed by atoms with Crippen LogP contribution in [0.4, 0.5) is 30.2 Å². The summed E-state index contributed by atoms with van der Waals surface area (Å²) in [7, 11) is 0. The Morgan fingerprint density at radius 1 is 0.903 bits per heavy atom. The van der Waals surface area contributed by atoms with Crippen molar-refractivity contribution in [3.8, 4) is 11.5 Å². The predicted octanol–water partition coefficient (Wildman–Crippen LogP) is 5.70. The van der Waals surface area contributed by atoms with Crippen molar-refractivity contribution >= 4 is 40.6 Å². The first-order valence-electron chi connectivity index (χ1n) is 8.22. The molecule has 0 amide bonds. The SMILES string of the molecule is O=[N+]([O-])c1ccc(Oc2c([N+](=O)[O-])cc(C(F)(F)F)cc2[N+](=O)[O-])c(C2SCCS2)c1. The van der Waals surface area contributed by atoms with Gasteiger partial charge >= 0.3 is 17.6 Å². The fourth-order valence-corrected chi connectivity index (χ4v) is 5.60. The summed E-state index contributed by atoms with van der Waals surface area (Å²) in [6, 6.07) is 3.61. The van der Waals surface area contributed by atoms with Gasteiger partial charge in [-0.05, 0) is 6.07 Å². The van der Waals surface area contributed by atoms with Gasteiger partial charge in [0.1, 0.15) is 5.75 Å². The van der Waals surface area contributed by atoms with E-state index in [1.165, 1.54) is 29.6 Å². The molecule has 10 nitrogen and oxygen atoms in total. The third kappa shape index (κ3) is 4.82. The number of halogens is 3. The van der Waals surface area contributed by atoms with Crippen LogP contribution in [0.15, 0.2) is 30.3 Å². The van der Waals surface area contributed by atoms with Crippen molar-refractivity contribution in [3.05, 3.63) is 71.8 Å². The number of nitrogens with zero attached hydrogens (tertiary/aromatic N) is 3. The molecule has 3 rings (SSSR count). The van der Waals surface area contributed by atoms with Gasteiger partial charge in [-0.15, -0.1) is 23.5 Å². The van der Waals surface area contributed by atoms with E-state index in [-0.39, 0.29) is 33.7 Å². The molecule has 1 fully saturated rings. The topological polar surface area (TPSA) is 139 Å². The van der Waals surface area contributed by atoms with Crippen molar-refractivity contribution in [1.29, 1.82) is 0 Å². The quantitative estimate of drug-likeness (QED) is 0.378. The van der Waals surface area contributed by atoms with E-state index in [1.807, 2.05) is 0 Å². The van der Waals surface area contributed by atoms with Gasteiger partial charge in [-0.2, -0.15) is 13.2 Å². The van der Waals surface area contributed by atoms with E-state index >= 15 is 0 Å². The first kappa shape index (κ1) is 22.6. The van der Waals surface area contributed by atoms with E-state index < -0.39 is 43.6 Å². The highest BCUT2D eigenvalue weighted by Crippen LogP contribution is 2.51. The summed E-state index contributed by atoms with van der Waals surface area (Å²) < 4.78 is 44.3. The molecule has 0 unspecified atom stereocenters. The molecule has 2 aromatic rings. The van der Waals surface area contributed by atoms with Gasteiger partial charge in [0, 0.05) is 41.3 Å². The van der Waals surface area contributed by atoms with Gasteiger partial charge in [0.15, 0.2) is 0 Å². The Hall–Kier alpha value is -3.07. The van der Waals surface area contributed by atoms with Crippen molar-refractivity contribution < 1.29 is 32.7 Å². The largest absolute Gasteiger partial charge is 0.444 e. The fraction of sp³-hybridized carbons (Fsp3) is 0.250. The van der Waals surface area contributed by atoms with Crippen molar-refractivity contribution in [2.45, 2.75) is 10.8 Å². The second kappa shape index (κ2) is 8.58. The smallest absolute Gasteiger partial charge is 0.416 e. The molecule has 164 valence electrons. The van der Waals surface area contributed by atoms with Gasteiger partial charge in [-0.25, -0.2) is 0 Å². The van der Waals surface area contributed by atoms with Crippen molar-refractivity contribution in [1.82, 2.24) is 0 Å². The number of nitro groups is 3. The zero-order valence-corrected chi connectivity index (χ0v) is 16.7. The Morgan fingerprint density at radius 3 is 1.90 bits per heavy atom. The minimum atomic E-state index is -5.07. The third-order valence-electron chi connectivity index (χ3n) is 4.06. The highest BCUT2D eigenvalue weighted by atomic mass is 32.2. The monoisotopic (exact) mass is 477 g/mol. The van der Waals surface area contributed by atoms with Crippen LogP contribution in [-0.2, 0) is 6.18 Å². The lowest BCUT2D eigenvalue weighted by Gasteiger charge is -2.16. The minimum absolute atomic E-state index is 0.145. The summed E-state index contributed by atoms with van der Waals surface area (Å²) in [6.45, 7) is 0. The zero-order valence-electron chi connectivity index (χ0n) is 15.0. The standard InChI is InChI=1S/C16H10F3N3O7S2/c17-16(18,19)8-5-11(21(25)26)14(12(6-8)22(27)28)29-13-2-1-9(20(23)24)7-10(13)15-30-3-4-31-15/h1-2,5-7,15H,3-4H2. The molecule has 1 aliphatic rings. The van der Waals surface area contributed by atoms with Crippen molar-refractivity contribution in [3.63, 3.8) is 0 Å². The number of non-ortho nitro benzene ring substituents is 1. The molecule has 0 spiro atoms. The minimum Gasteiger partial charge on any atom is -0.444 e. The molecule has 1 saturated heterocycles. The molecule has 2 aromatic carbocycles. The molecule has 0 bridgehead atoms. The normalized spacial score (nSPS) is 14.4. The van der Waals surface area contributed by atoms with E-state index in [0.29, 0.717) is 11.5 Å². The number of rotatable bonds is 6. The van der Waals surface area contributed by atoms with E-state index in [4.69, 9.17) is 4.74 Å². The molecule has 0 radical (unpaired) electrons. The lowest BCUT2D eigenvalue weighted by Crippen LogP contribution is -2.08. The Kier molecular flexibility index (Phi) is 6.26. The first-order chi connectivity index (χ1) is 14.5. The maximum absolute atomic E-state index is 13.1. The number of ether oxygens (including phenoxy) is 1. The van der Waals surface area contributed by atoms with Crippen molar-refractivity contribution in [2.75, 3.05) is 11.5 Å². The molecule has 31 heavy (non-hydrogen) atoms. The van der Waals surface area contributed by atoms with Gasteiger partial charge in [-0.1, -0.05) is 0 Å². The van der Waals surface area contributed by atoms with Crippen molar-refractivity contribution in [2.24, 2.45) is 0 Å². The molecule has 15 heteroatoms. The predicted molar refractivity (Wildman–Crippen MR) is 106 cm³/mol. The van der Waals surface area contributed by atoms with Crippen LogP contribution in [0.25, 0.3) is 0 Å². The van der Waals surface area contributed by atoms with E-state index in [9.17, 15) is 43.5 Å². The van der Waals surface area contributed by atoms with Crippen LogP contribution in [0.3, 0.4) is 0 Å². The Bertz CT molecular complexity index is 1040. The Morgan fingerprint density at radius 2 is 1.45 bits per heavy atom. The highest BCUT2D eigenvalue weighted by molar-refractivity contribution is 8.19. The number of thioether (sulfide) groups is 2. The number of benzene rings is 2. The molecule has 1 heterocycles. The number of alkyl halides is 3. The van der Waals surface area contributed by atoms with Crippen LogP contribution in [0.5, 0.6) is 11.5 Å². The number of hydrogen-bond donors (Lipinski definition) is 0. The fourth-order valence-electron chi connectivity index (χ4n) is 2.71. The molecular weight excluding hydrogens is 467 g/mol. The second-order valence-corrected chi connectivity index (χ2v) is 8.73. The summed E-state index contributed by atoms with van der Waals surface area (Å²) in [5.74, 6) is 0.255. The van der Waals surface area contributed by atoms with Gasteiger partial charge in [0.2, 0.25) is 0 Å². The van der Waals surface area contributed by atoms with Gasteiger partial charge in [0.25, 0.3) is 11.4 Å². The van der Waals surface area contributed by atoms with Crippen LogP contribution in [0, 0.1) is 30.3 Å². The molecule has 0 saturated carbocycles. The van der Waals surface area contributed by atoms with Crippen LogP contribution < -0.4 is 4.74 Å². The molecule has 1 aliphatic heterocycles. The zero-order chi connectivity index (χ0) is 22.9. The molecule has 0 atom stereocenters. The van der Waals surface area contributed by atoms with E-state index in [1.54, 1.807) is 0 Å². The molecule has 0 aromatic heterocycles. The first-order valence-corrected chi connectivity index (χ1v) is 10.3. The summed E-state index contributed by atoms with van der Waals surface area (Å²) in [5, 5.41) is 33.9. The summed E-state index contributed by atoms with van der Waals surface area (Å²) >= 11 is 2.82. The molecule has 0 aliphatic carbocycles. The van der Waals surface area contributed by atoms with Gasteiger partial charge < -0.3 is 4.74 Å². The Labute approximate surface area is 179 Å². The summed E-state index contributed by atoms with van der Waals surface area (Å²) in [4.78, 5) is 30.8. The van der Waals surface area contributed by atoms with Crippen LogP contribution in [0.2, 0.25) is 0 Å². The maximum Gasteiger partial charge on any atom is 0.416 e. The highest BCUT2D eigenvalue weighted by Gasteiger charge is 2.39.